The minimum atomic E-state index is -1.05. The van der Waals surface area contributed by atoms with Crippen LogP contribution in [-0.2, 0) is 6.42 Å². The first-order chi connectivity index (χ1) is 13.5. The molecule has 0 unspecified atom stereocenters. The average Bonchev–Trinajstić information content (AvgIpc) is 2.69. The van der Waals surface area contributed by atoms with Crippen LogP contribution in [0.1, 0.15) is 28.8 Å². The van der Waals surface area contributed by atoms with Crippen LogP contribution >= 0.6 is 0 Å². The Balaban J connectivity index is 1.54. The van der Waals surface area contributed by atoms with Crippen molar-refractivity contribution < 1.29 is 19.1 Å². The van der Waals surface area contributed by atoms with E-state index in [9.17, 15) is 14.0 Å². The Morgan fingerprint density at radius 2 is 1.93 bits per heavy atom. The maximum absolute atomic E-state index is 13.0. The van der Waals surface area contributed by atoms with E-state index in [0.717, 1.165) is 18.7 Å². The Labute approximate surface area is 163 Å². The molecule has 1 aromatic carbocycles. The summed E-state index contributed by atoms with van der Waals surface area (Å²) in [7, 11) is 0. The number of piperidine rings is 1. The van der Waals surface area contributed by atoms with Crippen LogP contribution in [0.2, 0.25) is 0 Å². The van der Waals surface area contributed by atoms with Gasteiger partial charge in [-0.15, -0.1) is 0 Å². The Morgan fingerprint density at radius 1 is 1.21 bits per heavy atom. The molecule has 0 aliphatic carbocycles. The lowest BCUT2D eigenvalue weighted by molar-refractivity contribution is 0.0832. The van der Waals surface area contributed by atoms with Crippen molar-refractivity contribution in [3.8, 4) is 0 Å². The van der Waals surface area contributed by atoms with E-state index in [0.29, 0.717) is 31.4 Å². The summed E-state index contributed by atoms with van der Waals surface area (Å²) >= 11 is 0. The average molecular weight is 385 g/mol. The van der Waals surface area contributed by atoms with Crippen molar-refractivity contribution in [2.45, 2.75) is 25.3 Å². The zero-order valence-electron chi connectivity index (χ0n) is 15.6. The van der Waals surface area contributed by atoms with E-state index in [2.05, 4.69) is 15.2 Å². The first-order valence-electron chi connectivity index (χ1n) is 9.42. The number of carbonyl (C=O) groups excluding carboxylic acids is 1. The molecule has 28 heavy (non-hydrogen) atoms. The van der Waals surface area contributed by atoms with Gasteiger partial charge in [0.2, 0.25) is 0 Å². The summed E-state index contributed by atoms with van der Waals surface area (Å²) in [6.45, 7) is 2.03. The number of amides is 1. The molecule has 1 aliphatic heterocycles. The number of benzene rings is 1. The van der Waals surface area contributed by atoms with Crippen molar-refractivity contribution in [1.29, 1.82) is 0 Å². The van der Waals surface area contributed by atoms with Gasteiger partial charge in [-0.1, -0.05) is 6.07 Å². The van der Waals surface area contributed by atoms with Gasteiger partial charge in [0.05, 0.1) is 0 Å². The third kappa shape index (κ3) is 5.60. The summed E-state index contributed by atoms with van der Waals surface area (Å²) in [5, 5.41) is 11.7. The highest BCUT2D eigenvalue weighted by Crippen LogP contribution is 2.22. The fraction of sp³-hybridized carbons (Fsp3) is 0.381. The maximum Gasteiger partial charge on any atom is 0.404 e. The third-order valence-electron chi connectivity index (χ3n) is 5.10. The van der Waals surface area contributed by atoms with E-state index in [1.807, 2.05) is 12.1 Å². The summed E-state index contributed by atoms with van der Waals surface area (Å²) in [5.74, 6) is -0.377. The lowest BCUT2D eigenvalue weighted by atomic mass is 9.88. The van der Waals surface area contributed by atoms with E-state index >= 15 is 0 Å². The molecule has 148 valence electrons. The Kier molecular flexibility index (Phi) is 6.71. The summed E-state index contributed by atoms with van der Waals surface area (Å²) in [6, 6.07) is 9.20. The van der Waals surface area contributed by atoms with Crippen molar-refractivity contribution >= 4 is 11.9 Å². The van der Waals surface area contributed by atoms with Crippen molar-refractivity contribution in [2.24, 2.45) is 5.92 Å². The quantitative estimate of drug-likeness (QED) is 0.716. The summed E-state index contributed by atoms with van der Waals surface area (Å²) in [5.41, 5.74) is 1.52. The monoisotopic (exact) mass is 385 g/mol. The fourth-order valence-electron chi connectivity index (χ4n) is 3.68. The molecule has 1 aliphatic rings. The number of hydrogen-bond acceptors (Lipinski definition) is 4. The van der Waals surface area contributed by atoms with Gasteiger partial charge < -0.3 is 15.3 Å². The molecule has 6 nitrogen and oxygen atoms in total. The molecule has 1 aromatic heterocycles. The number of nitrogens with zero attached hydrogens (tertiary/aromatic N) is 2. The number of ketones is 1. The molecule has 0 bridgehead atoms. The lowest BCUT2D eigenvalue weighted by Crippen LogP contribution is -2.47. The first-order valence-corrected chi connectivity index (χ1v) is 9.42. The molecule has 0 radical (unpaired) electrons. The number of halogens is 1. The lowest BCUT2D eigenvalue weighted by Gasteiger charge is -2.33. The number of Topliss-reactive ketones (excluding diaryl/α,β-unsaturated/α-hetero) is 1. The molecule has 1 saturated heterocycles. The van der Waals surface area contributed by atoms with Gasteiger partial charge >= 0.3 is 6.09 Å². The maximum atomic E-state index is 13.0. The molecular formula is C21H24FN3O3. The van der Waals surface area contributed by atoms with Crippen molar-refractivity contribution in [3.63, 3.8) is 0 Å². The van der Waals surface area contributed by atoms with Gasteiger partial charge in [-0.3, -0.25) is 9.78 Å². The van der Waals surface area contributed by atoms with Gasteiger partial charge in [0.15, 0.2) is 5.78 Å². The molecule has 1 amide bonds. The predicted molar refractivity (Wildman–Crippen MR) is 103 cm³/mol. The van der Waals surface area contributed by atoms with E-state index in [-0.39, 0.29) is 23.6 Å². The highest BCUT2D eigenvalue weighted by molar-refractivity contribution is 5.97. The Hall–Kier alpha value is -2.80. The molecule has 1 fully saturated rings. The smallest absolute Gasteiger partial charge is 0.404 e. The minimum Gasteiger partial charge on any atom is -0.465 e. The zero-order valence-corrected chi connectivity index (χ0v) is 15.6. The van der Waals surface area contributed by atoms with Gasteiger partial charge in [0.25, 0.3) is 0 Å². The largest absolute Gasteiger partial charge is 0.465 e. The number of hydrogen-bond donors (Lipinski definition) is 2. The number of nitrogens with one attached hydrogen (secondary N) is 1. The zero-order chi connectivity index (χ0) is 19.9. The number of aromatic nitrogens is 1. The van der Waals surface area contributed by atoms with E-state index in [1.165, 1.54) is 24.3 Å². The molecule has 7 heteroatoms. The molecule has 0 saturated carbocycles. The number of pyridine rings is 1. The van der Waals surface area contributed by atoms with Gasteiger partial charge in [-0.05, 0) is 68.2 Å². The summed E-state index contributed by atoms with van der Waals surface area (Å²) in [4.78, 5) is 30.0. The highest BCUT2D eigenvalue weighted by atomic mass is 19.1. The SMILES string of the molecule is O=C(O)N[C@H](Cc1cccnc1)CN1CCC(C(=O)c2ccc(F)cc2)CC1. The molecule has 3 rings (SSSR count). The number of carbonyl (C=O) groups is 2. The van der Waals surface area contributed by atoms with Gasteiger partial charge in [0.1, 0.15) is 5.82 Å². The molecule has 0 spiro atoms. The molecule has 2 N–H and O–H groups in total. The molecule has 2 aromatic rings. The first kappa shape index (κ1) is 19.9. The van der Waals surface area contributed by atoms with Gasteiger partial charge in [0, 0.05) is 36.5 Å². The predicted octanol–water partition coefficient (Wildman–Crippen LogP) is 2.99. The van der Waals surface area contributed by atoms with Crippen LogP contribution in [0.25, 0.3) is 0 Å². The van der Waals surface area contributed by atoms with Crippen molar-refractivity contribution in [3.05, 3.63) is 65.7 Å². The van der Waals surface area contributed by atoms with E-state index in [4.69, 9.17) is 5.11 Å². The van der Waals surface area contributed by atoms with Crippen LogP contribution in [0.15, 0.2) is 48.8 Å². The van der Waals surface area contributed by atoms with Gasteiger partial charge in [-0.25, -0.2) is 9.18 Å². The van der Waals surface area contributed by atoms with Crippen LogP contribution in [0.4, 0.5) is 9.18 Å². The van der Waals surface area contributed by atoms with E-state index < -0.39 is 6.09 Å². The summed E-state index contributed by atoms with van der Waals surface area (Å²) in [6.07, 6.45) is 4.37. The highest BCUT2D eigenvalue weighted by Gasteiger charge is 2.27. The van der Waals surface area contributed by atoms with Crippen molar-refractivity contribution in [2.75, 3.05) is 19.6 Å². The van der Waals surface area contributed by atoms with Crippen LogP contribution in [0.5, 0.6) is 0 Å². The van der Waals surface area contributed by atoms with Crippen molar-refractivity contribution in [1.82, 2.24) is 15.2 Å². The van der Waals surface area contributed by atoms with Crippen LogP contribution < -0.4 is 5.32 Å². The molecule has 2 heterocycles. The normalized spacial score (nSPS) is 16.5. The number of likely N-dealkylation sites (tertiary alicyclic amines) is 1. The minimum absolute atomic E-state index is 0.0511. The fourth-order valence-corrected chi connectivity index (χ4v) is 3.68. The van der Waals surface area contributed by atoms with Crippen LogP contribution in [0.3, 0.4) is 0 Å². The number of rotatable bonds is 7. The second kappa shape index (κ2) is 9.41. The van der Waals surface area contributed by atoms with Crippen LogP contribution in [0, 0.1) is 11.7 Å². The summed E-state index contributed by atoms with van der Waals surface area (Å²) < 4.78 is 13.0. The topological polar surface area (TPSA) is 82.5 Å². The van der Waals surface area contributed by atoms with Gasteiger partial charge in [-0.2, -0.15) is 0 Å². The second-order valence-electron chi connectivity index (χ2n) is 7.16. The van der Waals surface area contributed by atoms with Crippen LogP contribution in [-0.4, -0.2) is 52.5 Å². The molecular weight excluding hydrogens is 361 g/mol. The standard InChI is InChI=1S/C21H24FN3O3/c22-18-5-3-16(4-6-18)20(26)17-7-10-25(11-8-17)14-19(24-21(27)28)12-15-2-1-9-23-13-15/h1-6,9,13,17,19,24H,7-8,10-12,14H2,(H,27,28)/t19-/m1/s1. The Bertz CT molecular complexity index is 790. The second-order valence-corrected chi connectivity index (χ2v) is 7.16. The Morgan fingerprint density at radius 3 is 2.54 bits per heavy atom. The molecule has 1 atom stereocenters. The number of carboxylic acid groups (broad SMARTS) is 1. The van der Waals surface area contributed by atoms with E-state index in [1.54, 1.807) is 12.4 Å². The third-order valence-corrected chi connectivity index (χ3v) is 5.10.